The van der Waals surface area contributed by atoms with Crippen LogP contribution in [0.2, 0.25) is 0 Å². The van der Waals surface area contributed by atoms with Gasteiger partial charge in [-0.05, 0) is 38.2 Å². The van der Waals surface area contributed by atoms with Crippen LogP contribution in [0.4, 0.5) is 10.5 Å². The van der Waals surface area contributed by atoms with Crippen molar-refractivity contribution >= 4 is 30.3 Å². The minimum Gasteiger partial charge on any atom is -0.445 e. The highest BCUT2D eigenvalue weighted by Gasteiger charge is 2.39. The number of nitro groups is 1. The number of likely N-dealkylation sites (tertiary alicyclic amines) is 1. The SMILES string of the molecule is CN(C)CCNC(=O)[C@@H]1C[C@H](S)CN1C(=O)OCc1ccc([N+](=O)[O-])cc1. The number of amides is 2. The molecule has 148 valence electrons. The van der Waals surface area contributed by atoms with Gasteiger partial charge in [-0.2, -0.15) is 12.6 Å². The number of hydrogen-bond acceptors (Lipinski definition) is 7. The fourth-order valence-electron chi connectivity index (χ4n) is 2.73. The van der Waals surface area contributed by atoms with Crippen molar-refractivity contribution in [2.45, 2.75) is 24.3 Å². The van der Waals surface area contributed by atoms with Gasteiger partial charge in [0.25, 0.3) is 5.69 Å². The molecule has 27 heavy (non-hydrogen) atoms. The number of thiol groups is 1. The second kappa shape index (κ2) is 9.56. The number of nitro benzene ring substituents is 1. The van der Waals surface area contributed by atoms with Gasteiger partial charge in [-0.25, -0.2) is 4.79 Å². The Morgan fingerprint density at radius 2 is 2.04 bits per heavy atom. The molecule has 0 aromatic heterocycles. The van der Waals surface area contributed by atoms with E-state index in [9.17, 15) is 19.7 Å². The number of hydrogen-bond donors (Lipinski definition) is 2. The summed E-state index contributed by atoms with van der Waals surface area (Å²) < 4.78 is 5.28. The van der Waals surface area contributed by atoms with Crippen LogP contribution in [0.5, 0.6) is 0 Å². The van der Waals surface area contributed by atoms with Gasteiger partial charge in [0.1, 0.15) is 12.6 Å². The molecule has 2 amide bonds. The van der Waals surface area contributed by atoms with Gasteiger partial charge in [0.05, 0.1) is 4.92 Å². The van der Waals surface area contributed by atoms with Gasteiger partial charge in [0.2, 0.25) is 5.91 Å². The van der Waals surface area contributed by atoms with Gasteiger partial charge >= 0.3 is 6.09 Å². The molecule has 10 heteroatoms. The van der Waals surface area contributed by atoms with Gasteiger partial charge < -0.3 is 15.0 Å². The summed E-state index contributed by atoms with van der Waals surface area (Å²) in [5.41, 5.74) is 0.597. The first-order valence-corrected chi connectivity index (χ1v) is 9.06. The van der Waals surface area contributed by atoms with Crippen LogP contribution in [0.1, 0.15) is 12.0 Å². The molecule has 0 bridgehead atoms. The molecule has 1 N–H and O–H groups in total. The number of carbonyl (C=O) groups is 2. The Morgan fingerprint density at radius 3 is 2.63 bits per heavy atom. The van der Waals surface area contributed by atoms with Gasteiger partial charge in [0.15, 0.2) is 0 Å². The van der Waals surface area contributed by atoms with E-state index in [0.29, 0.717) is 31.6 Å². The van der Waals surface area contributed by atoms with Crippen molar-refractivity contribution in [2.24, 2.45) is 0 Å². The zero-order valence-electron chi connectivity index (χ0n) is 15.3. The van der Waals surface area contributed by atoms with Crippen molar-refractivity contribution < 1.29 is 19.2 Å². The normalized spacial score (nSPS) is 19.2. The van der Waals surface area contributed by atoms with E-state index in [0.717, 1.165) is 0 Å². The summed E-state index contributed by atoms with van der Waals surface area (Å²) in [6.45, 7) is 1.49. The monoisotopic (exact) mass is 396 g/mol. The van der Waals surface area contributed by atoms with Crippen LogP contribution < -0.4 is 5.32 Å². The molecule has 1 saturated heterocycles. The highest BCUT2D eigenvalue weighted by Crippen LogP contribution is 2.23. The van der Waals surface area contributed by atoms with Gasteiger partial charge in [-0.1, -0.05) is 0 Å². The first kappa shape index (κ1) is 21.0. The number of likely N-dealkylation sites (N-methyl/N-ethyl adjacent to an activating group) is 1. The van der Waals surface area contributed by atoms with E-state index in [2.05, 4.69) is 17.9 Å². The third-order valence-corrected chi connectivity index (χ3v) is 4.56. The van der Waals surface area contributed by atoms with Crippen LogP contribution >= 0.6 is 12.6 Å². The molecule has 1 heterocycles. The number of non-ortho nitro benzene ring substituents is 1. The zero-order chi connectivity index (χ0) is 20.0. The van der Waals surface area contributed by atoms with E-state index in [1.807, 2.05) is 19.0 Å². The molecule has 1 aromatic carbocycles. The first-order valence-electron chi connectivity index (χ1n) is 8.55. The summed E-state index contributed by atoms with van der Waals surface area (Å²) in [6, 6.07) is 5.15. The minimum atomic E-state index is -0.612. The highest BCUT2D eigenvalue weighted by molar-refractivity contribution is 7.81. The van der Waals surface area contributed by atoms with Crippen LogP contribution in [0.15, 0.2) is 24.3 Å². The number of nitrogens with zero attached hydrogens (tertiary/aromatic N) is 3. The van der Waals surface area contributed by atoms with Crippen molar-refractivity contribution in [1.82, 2.24) is 15.1 Å². The summed E-state index contributed by atoms with van der Waals surface area (Å²) in [7, 11) is 3.82. The van der Waals surface area contributed by atoms with E-state index < -0.39 is 17.1 Å². The van der Waals surface area contributed by atoms with Crippen molar-refractivity contribution in [2.75, 3.05) is 33.7 Å². The second-order valence-corrected chi connectivity index (χ2v) is 7.36. The molecule has 1 aliphatic heterocycles. The first-order chi connectivity index (χ1) is 12.8. The predicted molar refractivity (Wildman–Crippen MR) is 103 cm³/mol. The molecule has 1 aromatic rings. The Bertz CT molecular complexity index is 682. The van der Waals surface area contributed by atoms with E-state index in [1.54, 1.807) is 0 Å². The fraction of sp³-hybridized carbons (Fsp3) is 0.529. The number of carbonyl (C=O) groups excluding carboxylic acids is 2. The van der Waals surface area contributed by atoms with Gasteiger partial charge in [-0.15, -0.1) is 0 Å². The molecule has 1 fully saturated rings. The van der Waals surface area contributed by atoms with Crippen LogP contribution in [0.25, 0.3) is 0 Å². The number of benzene rings is 1. The van der Waals surface area contributed by atoms with Crippen molar-refractivity contribution in [1.29, 1.82) is 0 Å². The minimum absolute atomic E-state index is 0.0282. The smallest absolute Gasteiger partial charge is 0.410 e. The average Bonchev–Trinajstić information content (AvgIpc) is 3.01. The van der Waals surface area contributed by atoms with E-state index in [4.69, 9.17) is 4.74 Å². The van der Waals surface area contributed by atoms with Crippen LogP contribution in [-0.2, 0) is 16.1 Å². The molecule has 2 rings (SSSR count). The number of rotatable bonds is 7. The lowest BCUT2D eigenvalue weighted by Gasteiger charge is -2.23. The Hall–Kier alpha value is -2.33. The van der Waals surface area contributed by atoms with Crippen LogP contribution in [0, 0.1) is 10.1 Å². The standard InChI is InChI=1S/C17H24N4O5S/c1-19(2)8-7-18-16(22)15-9-14(27)10-20(15)17(23)26-11-12-3-5-13(6-4-12)21(24)25/h3-6,14-15,27H,7-11H2,1-2H3,(H,18,22)/t14-,15-/m0/s1. The molecular formula is C17H24N4O5S. The van der Waals surface area contributed by atoms with Gasteiger partial charge in [0, 0.05) is 37.0 Å². The van der Waals surface area contributed by atoms with Crippen molar-refractivity contribution in [3.05, 3.63) is 39.9 Å². The predicted octanol–water partition coefficient (Wildman–Crippen LogP) is 1.28. The Labute approximate surface area is 163 Å². The average molecular weight is 396 g/mol. The molecule has 2 atom stereocenters. The second-order valence-electron chi connectivity index (χ2n) is 6.63. The molecule has 9 nitrogen and oxygen atoms in total. The van der Waals surface area contributed by atoms with E-state index >= 15 is 0 Å². The van der Waals surface area contributed by atoms with Crippen molar-refractivity contribution in [3.8, 4) is 0 Å². The molecule has 0 saturated carbocycles. The summed E-state index contributed by atoms with van der Waals surface area (Å²) in [4.78, 5) is 38.3. The highest BCUT2D eigenvalue weighted by atomic mass is 32.1. The topological polar surface area (TPSA) is 105 Å². The Balaban J connectivity index is 1.90. The molecule has 0 unspecified atom stereocenters. The maximum absolute atomic E-state index is 12.4. The maximum atomic E-state index is 12.4. The summed E-state index contributed by atoms with van der Waals surface area (Å²) >= 11 is 4.39. The Morgan fingerprint density at radius 1 is 1.37 bits per heavy atom. The van der Waals surface area contributed by atoms with Crippen molar-refractivity contribution in [3.63, 3.8) is 0 Å². The lowest BCUT2D eigenvalue weighted by Crippen LogP contribution is -2.47. The van der Waals surface area contributed by atoms with Crippen LogP contribution in [-0.4, -0.2) is 71.7 Å². The van der Waals surface area contributed by atoms with Gasteiger partial charge in [-0.3, -0.25) is 19.8 Å². The fourth-order valence-corrected chi connectivity index (χ4v) is 3.10. The molecule has 0 radical (unpaired) electrons. The molecular weight excluding hydrogens is 372 g/mol. The molecule has 0 spiro atoms. The molecule has 0 aliphatic carbocycles. The number of nitrogens with one attached hydrogen (secondary N) is 1. The Kier molecular flexibility index (Phi) is 7.43. The maximum Gasteiger partial charge on any atom is 0.410 e. The van der Waals surface area contributed by atoms with Crippen LogP contribution in [0.3, 0.4) is 0 Å². The third-order valence-electron chi connectivity index (χ3n) is 4.18. The molecule has 1 aliphatic rings. The van der Waals surface area contributed by atoms with E-state index in [1.165, 1.54) is 29.2 Å². The third kappa shape index (κ3) is 6.10. The van der Waals surface area contributed by atoms with E-state index in [-0.39, 0.29) is 23.5 Å². The summed E-state index contributed by atoms with van der Waals surface area (Å²) in [5, 5.41) is 13.4. The number of ether oxygens (including phenoxy) is 1. The lowest BCUT2D eigenvalue weighted by molar-refractivity contribution is -0.384. The quantitative estimate of drug-likeness (QED) is 0.409. The lowest BCUT2D eigenvalue weighted by atomic mass is 10.2. The largest absolute Gasteiger partial charge is 0.445 e. The summed E-state index contributed by atoms with van der Waals surface area (Å²) in [6.07, 6.45) is -0.138. The zero-order valence-corrected chi connectivity index (χ0v) is 16.2. The summed E-state index contributed by atoms with van der Waals surface area (Å²) in [5.74, 6) is -0.222.